The van der Waals surface area contributed by atoms with E-state index in [2.05, 4.69) is 38.8 Å². The van der Waals surface area contributed by atoms with Gasteiger partial charge in [0, 0.05) is 45.1 Å². The Morgan fingerprint density at radius 1 is 1.15 bits per heavy atom. The summed E-state index contributed by atoms with van der Waals surface area (Å²) in [5.41, 5.74) is 2.54. The van der Waals surface area contributed by atoms with Crippen LogP contribution in [0.4, 0.5) is 4.79 Å². The van der Waals surface area contributed by atoms with E-state index in [1.807, 2.05) is 56.0 Å². The number of ether oxygens (including phenoxy) is 1. The highest BCUT2D eigenvalue weighted by atomic mass is 79.9. The quantitative estimate of drug-likeness (QED) is 0.409. The molecule has 2 amide bonds. The lowest BCUT2D eigenvalue weighted by atomic mass is 9.88. The molecule has 0 spiro atoms. The van der Waals surface area contributed by atoms with Crippen LogP contribution in [-0.4, -0.2) is 35.6 Å². The van der Waals surface area contributed by atoms with E-state index in [-0.39, 0.29) is 5.91 Å². The predicted molar refractivity (Wildman–Crippen MR) is 137 cm³/mol. The SMILES string of the molecule is CC(C)(C)OC(=O)NCc1cccc(C2CCN(C(=O)c3ccc4scc(Br)c4c3)CC2)c1. The first kappa shape index (κ1) is 23.8. The molecule has 0 aliphatic carbocycles. The van der Waals surface area contributed by atoms with Gasteiger partial charge in [0.25, 0.3) is 5.91 Å². The highest BCUT2D eigenvalue weighted by Crippen LogP contribution is 2.32. The van der Waals surface area contributed by atoms with Crippen molar-refractivity contribution < 1.29 is 14.3 Å². The zero-order valence-corrected chi connectivity index (χ0v) is 21.6. The number of nitrogens with zero attached hydrogens (tertiary/aromatic N) is 1. The number of amides is 2. The third-order valence-corrected chi connectivity index (χ3v) is 7.74. The van der Waals surface area contributed by atoms with Crippen LogP contribution < -0.4 is 5.32 Å². The number of likely N-dealkylation sites (tertiary alicyclic amines) is 1. The summed E-state index contributed by atoms with van der Waals surface area (Å²) in [5, 5.41) is 5.98. The number of benzene rings is 2. The lowest BCUT2D eigenvalue weighted by molar-refractivity contribution is 0.0523. The van der Waals surface area contributed by atoms with Gasteiger partial charge in [0.15, 0.2) is 0 Å². The third-order valence-electron chi connectivity index (χ3n) is 5.81. The Morgan fingerprint density at radius 3 is 2.64 bits per heavy atom. The van der Waals surface area contributed by atoms with Crippen LogP contribution in [0.1, 0.15) is 61.0 Å². The van der Waals surface area contributed by atoms with Gasteiger partial charge in [-0.05, 0) is 84.8 Å². The first-order valence-corrected chi connectivity index (χ1v) is 12.9. The molecule has 7 heteroatoms. The number of nitrogens with one attached hydrogen (secondary N) is 1. The maximum Gasteiger partial charge on any atom is 0.407 e. The molecular formula is C26H29BrN2O3S. The van der Waals surface area contributed by atoms with Crippen molar-refractivity contribution in [3.8, 4) is 0 Å². The zero-order chi connectivity index (χ0) is 23.6. The summed E-state index contributed by atoms with van der Waals surface area (Å²) in [7, 11) is 0. The van der Waals surface area contributed by atoms with Gasteiger partial charge in [-0.1, -0.05) is 24.3 Å². The van der Waals surface area contributed by atoms with Gasteiger partial charge in [-0.2, -0.15) is 0 Å². The maximum atomic E-state index is 13.1. The second kappa shape index (κ2) is 9.85. The fraction of sp³-hybridized carbons (Fsp3) is 0.385. The van der Waals surface area contributed by atoms with Gasteiger partial charge in [-0.25, -0.2) is 4.79 Å². The van der Waals surface area contributed by atoms with E-state index in [9.17, 15) is 9.59 Å². The summed E-state index contributed by atoms with van der Waals surface area (Å²) in [5.74, 6) is 0.507. The second-order valence-corrected chi connectivity index (χ2v) is 11.2. The van der Waals surface area contributed by atoms with Crippen molar-refractivity contribution >= 4 is 49.4 Å². The van der Waals surface area contributed by atoms with E-state index in [1.165, 1.54) is 10.3 Å². The van der Waals surface area contributed by atoms with Crippen LogP contribution in [0.3, 0.4) is 0 Å². The van der Waals surface area contributed by atoms with Crippen molar-refractivity contribution in [3.05, 3.63) is 69.0 Å². The minimum Gasteiger partial charge on any atom is -0.444 e. The summed E-state index contributed by atoms with van der Waals surface area (Å²) in [4.78, 5) is 27.0. The summed E-state index contributed by atoms with van der Waals surface area (Å²) < 4.78 is 7.53. The summed E-state index contributed by atoms with van der Waals surface area (Å²) in [6.07, 6.45) is 1.45. The molecule has 3 aromatic rings. The van der Waals surface area contributed by atoms with Crippen LogP contribution in [0.25, 0.3) is 10.1 Å². The average molecular weight is 530 g/mol. The number of fused-ring (bicyclic) bond motifs is 1. The Bertz CT molecular complexity index is 1160. The molecule has 2 heterocycles. The number of hydrogen-bond acceptors (Lipinski definition) is 4. The molecule has 1 saturated heterocycles. The van der Waals surface area contributed by atoms with Crippen molar-refractivity contribution in [1.82, 2.24) is 10.2 Å². The van der Waals surface area contributed by atoms with Crippen LogP contribution >= 0.6 is 27.3 Å². The number of carbonyl (C=O) groups is 2. The number of halogens is 1. The Balaban J connectivity index is 1.34. The van der Waals surface area contributed by atoms with Crippen molar-refractivity contribution in [2.24, 2.45) is 0 Å². The molecule has 0 bridgehead atoms. The molecule has 33 heavy (non-hydrogen) atoms. The van der Waals surface area contributed by atoms with Crippen molar-refractivity contribution in [1.29, 1.82) is 0 Å². The Hall–Kier alpha value is -2.38. The third kappa shape index (κ3) is 5.95. The Kier molecular flexibility index (Phi) is 7.10. The number of rotatable bonds is 4. The van der Waals surface area contributed by atoms with Gasteiger partial charge in [0.05, 0.1) is 0 Å². The van der Waals surface area contributed by atoms with Gasteiger partial charge >= 0.3 is 6.09 Å². The molecule has 0 saturated carbocycles. The van der Waals surface area contributed by atoms with Gasteiger partial charge in [-0.15, -0.1) is 11.3 Å². The summed E-state index contributed by atoms with van der Waals surface area (Å²) in [6, 6.07) is 14.3. The standard InChI is InChI=1S/C26H29BrN2O3S/c1-26(2,3)32-25(31)28-15-17-5-4-6-19(13-17)18-9-11-29(12-10-18)24(30)20-7-8-23-21(14-20)22(27)16-33-23/h4-8,13-14,16,18H,9-12,15H2,1-3H3,(H,28,31). The predicted octanol–water partition coefficient (Wildman–Crippen LogP) is 6.71. The fourth-order valence-corrected chi connectivity index (χ4v) is 5.71. The Labute approximate surface area is 207 Å². The number of hydrogen-bond donors (Lipinski definition) is 1. The molecule has 5 nitrogen and oxygen atoms in total. The molecule has 1 aliphatic heterocycles. The Morgan fingerprint density at radius 2 is 1.91 bits per heavy atom. The zero-order valence-electron chi connectivity index (χ0n) is 19.2. The van der Waals surface area contributed by atoms with Crippen molar-refractivity contribution in [2.75, 3.05) is 13.1 Å². The van der Waals surface area contributed by atoms with Gasteiger partial charge < -0.3 is 15.0 Å². The molecule has 2 aromatic carbocycles. The molecule has 0 unspecified atom stereocenters. The van der Waals surface area contributed by atoms with Gasteiger partial charge in [0.1, 0.15) is 5.60 Å². The van der Waals surface area contributed by atoms with E-state index in [0.29, 0.717) is 12.5 Å². The lowest BCUT2D eigenvalue weighted by Crippen LogP contribution is -2.37. The molecule has 4 rings (SSSR count). The van der Waals surface area contributed by atoms with Crippen LogP contribution in [0.2, 0.25) is 0 Å². The molecule has 1 N–H and O–H groups in total. The van der Waals surface area contributed by atoms with E-state index >= 15 is 0 Å². The van der Waals surface area contributed by atoms with Crippen molar-refractivity contribution in [2.45, 2.75) is 51.7 Å². The molecule has 1 aliphatic rings. The maximum absolute atomic E-state index is 13.1. The van der Waals surface area contributed by atoms with Crippen LogP contribution in [0.15, 0.2) is 52.3 Å². The number of thiophene rings is 1. The van der Waals surface area contributed by atoms with Gasteiger partial charge in [-0.3, -0.25) is 4.79 Å². The van der Waals surface area contributed by atoms with E-state index in [1.54, 1.807) is 11.3 Å². The topological polar surface area (TPSA) is 58.6 Å². The van der Waals surface area contributed by atoms with Crippen LogP contribution in [0.5, 0.6) is 0 Å². The summed E-state index contributed by atoms with van der Waals surface area (Å²) >= 11 is 5.25. The van der Waals surface area contributed by atoms with E-state index in [4.69, 9.17) is 4.74 Å². The molecule has 174 valence electrons. The molecule has 1 fully saturated rings. The van der Waals surface area contributed by atoms with E-state index in [0.717, 1.165) is 46.9 Å². The van der Waals surface area contributed by atoms with E-state index < -0.39 is 11.7 Å². The first-order valence-electron chi connectivity index (χ1n) is 11.2. The summed E-state index contributed by atoms with van der Waals surface area (Å²) in [6.45, 7) is 7.47. The minimum absolute atomic E-state index is 0.101. The molecule has 1 aromatic heterocycles. The lowest BCUT2D eigenvalue weighted by Gasteiger charge is -2.32. The largest absolute Gasteiger partial charge is 0.444 e. The van der Waals surface area contributed by atoms with Crippen molar-refractivity contribution in [3.63, 3.8) is 0 Å². The van der Waals surface area contributed by atoms with Crippen LogP contribution in [0, 0.1) is 0 Å². The second-order valence-electron chi connectivity index (χ2n) is 9.46. The molecular weight excluding hydrogens is 500 g/mol. The minimum atomic E-state index is -0.511. The number of piperidine rings is 1. The molecule has 0 radical (unpaired) electrons. The molecule has 0 atom stereocenters. The monoisotopic (exact) mass is 528 g/mol. The normalized spacial score (nSPS) is 15.0. The van der Waals surface area contributed by atoms with Crippen LogP contribution in [-0.2, 0) is 11.3 Å². The fourth-order valence-electron chi connectivity index (χ4n) is 4.18. The first-order chi connectivity index (χ1) is 15.7. The highest BCUT2D eigenvalue weighted by Gasteiger charge is 2.25. The van der Waals surface area contributed by atoms with Gasteiger partial charge in [0.2, 0.25) is 0 Å². The number of alkyl carbamates (subject to hydrolysis) is 1. The number of carbonyl (C=O) groups excluding carboxylic acids is 2. The highest BCUT2D eigenvalue weighted by molar-refractivity contribution is 9.10. The smallest absolute Gasteiger partial charge is 0.407 e. The average Bonchev–Trinajstić information content (AvgIpc) is 3.16.